The summed E-state index contributed by atoms with van der Waals surface area (Å²) in [6.45, 7) is 6.22. The molecule has 0 saturated heterocycles. The van der Waals surface area contributed by atoms with E-state index in [1.807, 2.05) is 20.8 Å². The predicted molar refractivity (Wildman–Crippen MR) is 52.5 cm³/mol. The Morgan fingerprint density at radius 1 is 1.46 bits per heavy atom. The van der Waals surface area contributed by atoms with Gasteiger partial charge in [0.05, 0.1) is 6.10 Å². The first-order chi connectivity index (χ1) is 5.93. The van der Waals surface area contributed by atoms with E-state index in [1.165, 1.54) is 0 Å². The largest absolute Gasteiger partial charge is 0.447 e. The van der Waals surface area contributed by atoms with E-state index in [1.54, 1.807) is 11.9 Å². The lowest BCUT2D eigenvalue weighted by Crippen LogP contribution is -2.33. The Morgan fingerprint density at radius 2 is 2.00 bits per heavy atom. The molecule has 0 heterocycles. The molecule has 0 aliphatic heterocycles. The van der Waals surface area contributed by atoms with Crippen LogP contribution in [0.15, 0.2) is 0 Å². The number of rotatable bonds is 4. The van der Waals surface area contributed by atoms with Crippen LogP contribution in [0.5, 0.6) is 0 Å². The van der Waals surface area contributed by atoms with Crippen molar-refractivity contribution in [1.82, 2.24) is 4.90 Å². The van der Waals surface area contributed by atoms with Crippen LogP contribution in [0.3, 0.4) is 0 Å². The van der Waals surface area contributed by atoms with E-state index in [0.717, 1.165) is 6.42 Å². The number of ether oxygens (including phenoxy) is 1. The van der Waals surface area contributed by atoms with Gasteiger partial charge in [-0.1, -0.05) is 0 Å². The molecular formula is C9H20N2O2. The minimum atomic E-state index is -0.282. The first-order valence-electron chi connectivity index (χ1n) is 4.60. The fraction of sp³-hybridized carbons (Fsp3) is 0.889. The number of hydrogen-bond acceptors (Lipinski definition) is 3. The van der Waals surface area contributed by atoms with Gasteiger partial charge >= 0.3 is 6.09 Å². The standard InChI is InChI=1S/C9H20N2O2/c1-7(2)13-9(12)11(4)6-5-8(3)10/h7-8H,5-6,10H2,1-4H3. The average Bonchev–Trinajstić information content (AvgIpc) is 1.98. The molecule has 0 aromatic heterocycles. The minimum Gasteiger partial charge on any atom is -0.447 e. The highest BCUT2D eigenvalue weighted by Crippen LogP contribution is 1.97. The Balaban J connectivity index is 3.69. The SMILES string of the molecule is CC(N)CCN(C)C(=O)OC(C)C. The van der Waals surface area contributed by atoms with Gasteiger partial charge in [0.15, 0.2) is 0 Å². The average molecular weight is 188 g/mol. The smallest absolute Gasteiger partial charge is 0.409 e. The molecule has 0 radical (unpaired) electrons. The van der Waals surface area contributed by atoms with E-state index < -0.39 is 0 Å². The van der Waals surface area contributed by atoms with Crippen molar-refractivity contribution in [2.24, 2.45) is 5.73 Å². The molecule has 0 spiro atoms. The maximum atomic E-state index is 11.2. The van der Waals surface area contributed by atoms with Crippen LogP contribution in [0.25, 0.3) is 0 Å². The van der Waals surface area contributed by atoms with Crippen LogP contribution in [0, 0.1) is 0 Å². The molecule has 0 fully saturated rings. The third-order valence-corrected chi connectivity index (χ3v) is 1.57. The van der Waals surface area contributed by atoms with Crippen LogP contribution in [0.1, 0.15) is 27.2 Å². The molecule has 0 aliphatic carbocycles. The van der Waals surface area contributed by atoms with Crippen molar-refractivity contribution >= 4 is 6.09 Å². The molecule has 1 amide bonds. The fourth-order valence-electron chi connectivity index (χ4n) is 0.780. The van der Waals surface area contributed by atoms with Crippen LogP contribution in [0.2, 0.25) is 0 Å². The van der Waals surface area contributed by atoms with Gasteiger partial charge in [-0.2, -0.15) is 0 Å². The van der Waals surface area contributed by atoms with Crippen LogP contribution >= 0.6 is 0 Å². The van der Waals surface area contributed by atoms with E-state index >= 15 is 0 Å². The van der Waals surface area contributed by atoms with Gasteiger partial charge in [0.2, 0.25) is 0 Å². The zero-order valence-electron chi connectivity index (χ0n) is 8.91. The van der Waals surface area contributed by atoms with Crippen molar-refractivity contribution in [2.75, 3.05) is 13.6 Å². The molecule has 0 saturated carbocycles. The summed E-state index contributed by atoms with van der Waals surface area (Å²) in [6, 6.07) is 0.120. The van der Waals surface area contributed by atoms with Crippen LogP contribution in [-0.2, 0) is 4.74 Å². The van der Waals surface area contributed by atoms with Crippen molar-refractivity contribution in [3.8, 4) is 0 Å². The summed E-state index contributed by atoms with van der Waals surface area (Å²) in [5.41, 5.74) is 5.56. The first-order valence-corrected chi connectivity index (χ1v) is 4.60. The van der Waals surface area contributed by atoms with E-state index in [9.17, 15) is 4.79 Å². The zero-order valence-corrected chi connectivity index (χ0v) is 8.91. The van der Waals surface area contributed by atoms with E-state index in [4.69, 9.17) is 10.5 Å². The lowest BCUT2D eigenvalue weighted by molar-refractivity contribution is 0.0835. The predicted octanol–water partition coefficient (Wildman–Crippen LogP) is 1.20. The number of amides is 1. The molecule has 13 heavy (non-hydrogen) atoms. The summed E-state index contributed by atoms with van der Waals surface area (Å²) >= 11 is 0. The third kappa shape index (κ3) is 6.40. The van der Waals surface area contributed by atoms with Crippen molar-refractivity contribution in [1.29, 1.82) is 0 Å². The summed E-state index contributed by atoms with van der Waals surface area (Å²) in [4.78, 5) is 12.8. The maximum Gasteiger partial charge on any atom is 0.409 e. The number of nitrogens with zero attached hydrogens (tertiary/aromatic N) is 1. The molecule has 0 aliphatic rings. The van der Waals surface area contributed by atoms with Gasteiger partial charge in [-0.3, -0.25) is 0 Å². The molecule has 4 heteroatoms. The summed E-state index contributed by atoms with van der Waals surface area (Å²) in [5.74, 6) is 0. The highest BCUT2D eigenvalue weighted by molar-refractivity contribution is 5.67. The van der Waals surface area contributed by atoms with E-state index in [2.05, 4.69) is 0 Å². The number of nitrogens with two attached hydrogens (primary N) is 1. The van der Waals surface area contributed by atoms with Crippen LogP contribution in [0.4, 0.5) is 4.79 Å². The van der Waals surface area contributed by atoms with Gasteiger partial charge < -0.3 is 15.4 Å². The second kappa shape index (κ2) is 5.80. The molecule has 78 valence electrons. The Morgan fingerprint density at radius 3 is 2.38 bits per heavy atom. The molecular weight excluding hydrogens is 168 g/mol. The maximum absolute atomic E-state index is 11.2. The number of carbonyl (C=O) groups is 1. The quantitative estimate of drug-likeness (QED) is 0.721. The second-order valence-electron chi connectivity index (χ2n) is 3.62. The zero-order chi connectivity index (χ0) is 10.4. The second-order valence-corrected chi connectivity index (χ2v) is 3.62. The fourth-order valence-corrected chi connectivity index (χ4v) is 0.780. The highest BCUT2D eigenvalue weighted by Gasteiger charge is 2.11. The Labute approximate surface area is 80.0 Å². The number of hydrogen-bond donors (Lipinski definition) is 1. The summed E-state index contributed by atoms with van der Waals surface area (Å²) < 4.78 is 4.99. The molecule has 0 bridgehead atoms. The normalized spacial score (nSPS) is 12.8. The van der Waals surface area contributed by atoms with Crippen LogP contribution < -0.4 is 5.73 Å². The summed E-state index contributed by atoms with van der Waals surface area (Å²) in [6.07, 6.45) is 0.449. The van der Waals surface area contributed by atoms with Crippen molar-refractivity contribution < 1.29 is 9.53 Å². The lowest BCUT2D eigenvalue weighted by Gasteiger charge is -2.19. The molecule has 0 aromatic rings. The molecule has 2 N–H and O–H groups in total. The summed E-state index contributed by atoms with van der Waals surface area (Å²) in [7, 11) is 1.72. The van der Waals surface area contributed by atoms with Gasteiger partial charge in [0.1, 0.15) is 0 Å². The molecule has 4 nitrogen and oxygen atoms in total. The monoisotopic (exact) mass is 188 g/mol. The van der Waals surface area contributed by atoms with Crippen molar-refractivity contribution in [3.63, 3.8) is 0 Å². The molecule has 0 aromatic carbocycles. The van der Waals surface area contributed by atoms with Gasteiger partial charge in [-0.05, 0) is 27.2 Å². The molecule has 1 unspecified atom stereocenters. The van der Waals surface area contributed by atoms with Crippen molar-refractivity contribution in [3.05, 3.63) is 0 Å². The molecule has 0 rings (SSSR count). The van der Waals surface area contributed by atoms with Gasteiger partial charge in [0, 0.05) is 19.6 Å². The third-order valence-electron chi connectivity index (χ3n) is 1.57. The Hall–Kier alpha value is -0.770. The van der Waals surface area contributed by atoms with E-state index in [-0.39, 0.29) is 18.2 Å². The van der Waals surface area contributed by atoms with Crippen molar-refractivity contribution in [2.45, 2.75) is 39.3 Å². The summed E-state index contributed by atoms with van der Waals surface area (Å²) in [5, 5.41) is 0. The minimum absolute atomic E-state index is 0.0646. The highest BCUT2D eigenvalue weighted by atomic mass is 16.6. The van der Waals surface area contributed by atoms with Gasteiger partial charge in [-0.25, -0.2) is 4.79 Å². The molecule has 1 atom stereocenters. The Bertz CT molecular complexity index is 158. The number of carbonyl (C=O) groups excluding carboxylic acids is 1. The van der Waals surface area contributed by atoms with Gasteiger partial charge in [-0.15, -0.1) is 0 Å². The topological polar surface area (TPSA) is 55.6 Å². The van der Waals surface area contributed by atoms with Crippen LogP contribution in [-0.4, -0.2) is 36.7 Å². The lowest BCUT2D eigenvalue weighted by atomic mass is 10.2. The van der Waals surface area contributed by atoms with E-state index in [0.29, 0.717) is 6.54 Å². The van der Waals surface area contributed by atoms with Gasteiger partial charge in [0.25, 0.3) is 0 Å². The first kappa shape index (κ1) is 12.2. The Kier molecular flexibility index (Phi) is 5.46.